The average molecular weight is 262 g/mol. The first-order valence-corrected chi connectivity index (χ1v) is 6.54. The smallest absolute Gasteiger partial charge is 0.239 e. The standard InChI is InChI=1S/C15H22N2O2/c1-5-9-16-13(18)15(3,4)14(19)17-12-8-6-7-11(2)10-12/h6-8,10H,5,9H2,1-4H3,(H,16,18)(H,17,19). The number of hydrogen-bond acceptors (Lipinski definition) is 2. The first-order valence-electron chi connectivity index (χ1n) is 6.54. The Labute approximate surface area is 114 Å². The van der Waals surface area contributed by atoms with Crippen molar-refractivity contribution in [2.75, 3.05) is 11.9 Å². The molecule has 0 aliphatic heterocycles. The zero-order chi connectivity index (χ0) is 14.5. The van der Waals surface area contributed by atoms with E-state index in [9.17, 15) is 9.59 Å². The highest BCUT2D eigenvalue weighted by molar-refractivity contribution is 6.09. The number of aryl methyl sites for hydroxylation is 1. The van der Waals surface area contributed by atoms with Gasteiger partial charge in [-0.2, -0.15) is 0 Å². The van der Waals surface area contributed by atoms with E-state index in [1.54, 1.807) is 13.8 Å². The van der Waals surface area contributed by atoms with Gasteiger partial charge >= 0.3 is 0 Å². The Balaban J connectivity index is 2.73. The Morgan fingerprint density at radius 2 is 1.89 bits per heavy atom. The zero-order valence-electron chi connectivity index (χ0n) is 12.0. The van der Waals surface area contributed by atoms with Gasteiger partial charge in [0.05, 0.1) is 0 Å². The van der Waals surface area contributed by atoms with Gasteiger partial charge in [-0.15, -0.1) is 0 Å². The number of rotatable bonds is 5. The third-order valence-electron chi connectivity index (χ3n) is 2.95. The van der Waals surface area contributed by atoms with Crippen LogP contribution in [0.25, 0.3) is 0 Å². The number of amides is 2. The van der Waals surface area contributed by atoms with Gasteiger partial charge in [0, 0.05) is 12.2 Å². The number of carbonyl (C=O) groups excluding carboxylic acids is 2. The minimum atomic E-state index is -1.08. The highest BCUT2D eigenvalue weighted by atomic mass is 16.2. The summed E-state index contributed by atoms with van der Waals surface area (Å²) in [5, 5.41) is 5.53. The molecule has 0 saturated carbocycles. The summed E-state index contributed by atoms with van der Waals surface area (Å²) in [4.78, 5) is 24.1. The van der Waals surface area contributed by atoms with Crippen LogP contribution in [0.2, 0.25) is 0 Å². The van der Waals surface area contributed by atoms with Gasteiger partial charge in [0.2, 0.25) is 11.8 Å². The molecule has 4 nitrogen and oxygen atoms in total. The number of hydrogen-bond donors (Lipinski definition) is 2. The monoisotopic (exact) mass is 262 g/mol. The van der Waals surface area contributed by atoms with E-state index in [0.717, 1.165) is 12.0 Å². The van der Waals surface area contributed by atoms with Crippen LogP contribution in [0, 0.1) is 12.3 Å². The highest BCUT2D eigenvalue weighted by Crippen LogP contribution is 2.19. The molecule has 4 heteroatoms. The Bertz CT molecular complexity index is 467. The topological polar surface area (TPSA) is 58.2 Å². The molecule has 0 heterocycles. The second-order valence-corrected chi connectivity index (χ2v) is 5.20. The quantitative estimate of drug-likeness (QED) is 0.801. The lowest BCUT2D eigenvalue weighted by Crippen LogP contribution is -2.45. The first-order chi connectivity index (χ1) is 8.87. The Kier molecular flexibility index (Phi) is 5.10. The predicted octanol–water partition coefficient (Wildman–Crippen LogP) is 2.49. The van der Waals surface area contributed by atoms with Crippen LogP contribution in [0.3, 0.4) is 0 Å². The molecule has 1 aromatic carbocycles. The molecule has 19 heavy (non-hydrogen) atoms. The van der Waals surface area contributed by atoms with Crippen LogP contribution in [0.15, 0.2) is 24.3 Å². The second-order valence-electron chi connectivity index (χ2n) is 5.20. The number of carbonyl (C=O) groups is 2. The fourth-order valence-electron chi connectivity index (χ4n) is 1.57. The summed E-state index contributed by atoms with van der Waals surface area (Å²) >= 11 is 0. The molecule has 1 aromatic rings. The number of benzene rings is 1. The van der Waals surface area contributed by atoms with E-state index >= 15 is 0 Å². The van der Waals surface area contributed by atoms with Gasteiger partial charge in [0.25, 0.3) is 0 Å². The molecule has 2 N–H and O–H groups in total. The summed E-state index contributed by atoms with van der Waals surface area (Å²) in [5.41, 5.74) is 0.686. The molecular weight excluding hydrogens is 240 g/mol. The lowest BCUT2D eigenvalue weighted by Gasteiger charge is -2.22. The maximum Gasteiger partial charge on any atom is 0.239 e. The third-order valence-corrected chi connectivity index (χ3v) is 2.95. The van der Waals surface area contributed by atoms with Gasteiger partial charge in [0.1, 0.15) is 5.41 Å². The Morgan fingerprint density at radius 3 is 2.47 bits per heavy atom. The molecule has 0 saturated heterocycles. The minimum Gasteiger partial charge on any atom is -0.355 e. The molecule has 0 unspecified atom stereocenters. The molecule has 0 fully saturated rings. The molecule has 2 amide bonds. The zero-order valence-corrected chi connectivity index (χ0v) is 12.0. The number of anilines is 1. The van der Waals surface area contributed by atoms with Crippen molar-refractivity contribution in [3.8, 4) is 0 Å². The highest BCUT2D eigenvalue weighted by Gasteiger charge is 2.35. The lowest BCUT2D eigenvalue weighted by atomic mass is 9.91. The van der Waals surface area contributed by atoms with Crippen molar-refractivity contribution < 1.29 is 9.59 Å². The number of nitrogens with one attached hydrogen (secondary N) is 2. The Morgan fingerprint density at radius 1 is 1.21 bits per heavy atom. The van der Waals surface area contributed by atoms with E-state index < -0.39 is 5.41 Å². The molecule has 0 aliphatic carbocycles. The van der Waals surface area contributed by atoms with E-state index in [4.69, 9.17) is 0 Å². The second kappa shape index (κ2) is 6.36. The van der Waals surface area contributed by atoms with Gasteiger partial charge in [-0.25, -0.2) is 0 Å². The third kappa shape index (κ3) is 4.09. The summed E-state index contributed by atoms with van der Waals surface area (Å²) in [6, 6.07) is 7.51. The molecular formula is C15H22N2O2. The van der Waals surface area contributed by atoms with Crippen LogP contribution >= 0.6 is 0 Å². The van der Waals surface area contributed by atoms with Crippen LogP contribution in [0.1, 0.15) is 32.8 Å². The van der Waals surface area contributed by atoms with Crippen molar-refractivity contribution >= 4 is 17.5 Å². The molecule has 0 bridgehead atoms. The fraction of sp³-hybridized carbons (Fsp3) is 0.467. The van der Waals surface area contributed by atoms with Gasteiger partial charge in [-0.3, -0.25) is 9.59 Å². The van der Waals surface area contributed by atoms with Gasteiger partial charge in [-0.05, 0) is 44.9 Å². The normalized spacial score (nSPS) is 10.9. The van der Waals surface area contributed by atoms with E-state index in [-0.39, 0.29) is 11.8 Å². The molecule has 0 spiro atoms. The van der Waals surface area contributed by atoms with Crippen molar-refractivity contribution in [2.24, 2.45) is 5.41 Å². The fourth-order valence-corrected chi connectivity index (χ4v) is 1.57. The molecule has 0 atom stereocenters. The first kappa shape index (κ1) is 15.2. The van der Waals surface area contributed by atoms with Gasteiger partial charge in [0.15, 0.2) is 0 Å². The largest absolute Gasteiger partial charge is 0.355 e. The van der Waals surface area contributed by atoms with Crippen molar-refractivity contribution in [2.45, 2.75) is 34.1 Å². The molecule has 0 aliphatic rings. The summed E-state index contributed by atoms with van der Waals surface area (Å²) in [6.45, 7) is 7.76. The van der Waals surface area contributed by atoms with Crippen LogP contribution < -0.4 is 10.6 Å². The predicted molar refractivity (Wildman–Crippen MR) is 76.9 cm³/mol. The maximum atomic E-state index is 12.2. The van der Waals surface area contributed by atoms with Crippen molar-refractivity contribution in [3.63, 3.8) is 0 Å². The minimum absolute atomic E-state index is 0.250. The van der Waals surface area contributed by atoms with E-state index in [1.807, 2.05) is 38.1 Å². The molecule has 0 radical (unpaired) electrons. The molecule has 1 rings (SSSR count). The summed E-state index contributed by atoms with van der Waals surface area (Å²) in [7, 11) is 0. The van der Waals surface area contributed by atoms with Crippen molar-refractivity contribution in [3.05, 3.63) is 29.8 Å². The molecule has 0 aromatic heterocycles. The van der Waals surface area contributed by atoms with E-state index in [0.29, 0.717) is 12.2 Å². The van der Waals surface area contributed by atoms with Crippen LogP contribution in [-0.2, 0) is 9.59 Å². The van der Waals surface area contributed by atoms with Crippen LogP contribution in [0.5, 0.6) is 0 Å². The summed E-state index contributed by atoms with van der Waals surface area (Å²) in [5.74, 6) is -0.550. The summed E-state index contributed by atoms with van der Waals surface area (Å²) in [6.07, 6.45) is 0.849. The maximum absolute atomic E-state index is 12.2. The summed E-state index contributed by atoms with van der Waals surface area (Å²) < 4.78 is 0. The van der Waals surface area contributed by atoms with Crippen molar-refractivity contribution in [1.29, 1.82) is 0 Å². The SMILES string of the molecule is CCCNC(=O)C(C)(C)C(=O)Nc1cccc(C)c1. The van der Waals surface area contributed by atoms with Crippen LogP contribution in [-0.4, -0.2) is 18.4 Å². The van der Waals surface area contributed by atoms with E-state index in [2.05, 4.69) is 10.6 Å². The average Bonchev–Trinajstić information content (AvgIpc) is 2.35. The van der Waals surface area contributed by atoms with Gasteiger partial charge < -0.3 is 10.6 Å². The van der Waals surface area contributed by atoms with Crippen molar-refractivity contribution in [1.82, 2.24) is 5.32 Å². The Hall–Kier alpha value is -1.84. The van der Waals surface area contributed by atoms with Crippen LogP contribution in [0.4, 0.5) is 5.69 Å². The van der Waals surface area contributed by atoms with E-state index in [1.165, 1.54) is 0 Å². The molecule has 104 valence electrons. The lowest BCUT2D eigenvalue weighted by molar-refractivity contribution is -0.138. The van der Waals surface area contributed by atoms with Gasteiger partial charge in [-0.1, -0.05) is 19.1 Å².